The number of carbonyl (C=O) groups is 3. The molecule has 0 saturated heterocycles. The largest absolute Gasteiger partial charge is 0.746 e. The highest BCUT2D eigenvalue weighted by Gasteiger charge is 2.30. The number of sulfonamides is 1. The van der Waals surface area contributed by atoms with Gasteiger partial charge in [-0.2, -0.15) is 0 Å². The van der Waals surface area contributed by atoms with Crippen LogP contribution in [0.3, 0.4) is 0 Å². The van der Waals surface area contributed by atoms with Crippen LogP contribution in [-0.2, 0) is 72.8 Å². The van der Waals surface area contributed by atoms with Gasteiger partial charge in [0.05, 0.1) is 26.8 Å². The fraction of sp³-hybridized carbons (Fsp3) is 0.211. The first-order chi connectivity index (χ1) is 53.5. The number of carboxylic acid groups (broad SMARTS) is 1. The molecular weight excluding hydrogens is 1630 g/mol. The number of hydrogen-bond acceptors (Lipinski definition) is 29. The van der Waals surface area contributed by atoms with Gasteiger partial charge in [0.2, 0.25) is 32.7 Å². The van der Waals surface area contributed by atoms with Gasteiger partial charge in [-0.1, -0.05) is 92.7 Å². The van der Waals surface area contributed by atoms with E-state index in [-0.39, 0.29) is 86.8 Å². The topological polar surface area (TPSA) is 627 Å². The van der Waals surface area contributed by atoms with Crippen molar-refractivity contribution in [1.29, 1.82) is 0 Å². The van der Waals surface area contributed by atoms with Crippen LogP contribution in [-0.4, -0.2) is 127 Å². The van der Waals surface area contributed by atoms with E-state index in [1.807, 2.05) is 37.2 Å². The van der Waals surface area contributed by atoms with Crippen molar-refractivity contribution in [2.24, 2.45) is 0 Å². The van der Waals surface area contributed by atoms with Crippen molar-refractivity contribution in [1.82, 2.24) is 25.7 Å². The molecule has 0 saturated carbocycles. The summed E-state index contributed by atoms with van der Waals surface area (Å²) in [5.41, 5.74) is 8.63. The van der Waals surface area contributed by atoms with E-state index in [1.165, 1.54) is 85.8 Å². The molecule has 1 aromatic heterocycles. The van der Waals surface area contributed by atoms with E-state index in [4.69, 9.17) is 30.2 Å². The van der Waals surface area contributed by atoms with E-state index in [0.717, 1.165) is 52.7 Å². The summed E-state index contributed by atoms with van der Waals surface area (Å²) in [4.78, 5) is 103. The Balaban J connectivity index is 0.000000217. The van der Waals surface area contributed by atoms with Gasteiger partial charge in [-0.3, -0.25) is 38.8 Å². The number of benzene rings is 9. The second-order valence-corrected chi connectivity index (χ2v) is 32.4. The fourth-order valence-electron chi connectivity index (χ4n) is 11.3. The highest BCUT2D eigenvalue weighted by atomic mass is 32.2. The van der Waals surface area contributed by atoms with Gasteiger partial charge in [0.15, 0.2) is 21.8 Å². The summed E-state index contributed by atoms with van der Waals surface area (Å²) < 4.78 is 155. The molecule has 2 aliphatic rings. The molecule has 2 amide bonds. The quantitative estimate of drug-likeness (QED) is 0.00515. The van der Waals surface area contributed by atoms with E-state index < -0.39 is 96.8 Å². The number of nitro groups is 1. The van der Waals surface area contributed by atoms with Crippen LogP contribution in [0.4, 0.5) is 22.7 Å². The minimum absolute atomic E-state index is 0. The molecular formula is C71H75N10O28P3S3-4. The fourth-order valence-corrected chi connectivity index (χ4v) is 15.2. The number of phosphoric acid groups is 3. The lowest BCUT2D eigenvalue weighted by Gasteiger charge is -2.21. The second kappa shape index (κ2) is 39.3. The van der Waals surface area contributed by atoms with Gasteiger partial charge in [-0.15, -0.1) is 0 Å². The molecule has 1 aliphatic carbocycles. The van der Waals surface area contributed by atoms with Crippen LogP contribution in [0, 0.1) is 10.1 Å². The Morgan fingerprint density at radius 3 is 1.64 bits per heavy atom. The third-order valence-corrected chi connectivity index (χ3v) is 20.9. The number of non-ortho nitro benzene ring substituents is 1. The minimum atomic E-state index is -5.26. The molecule has 2 heterocycles. The molecule has 0 spiro atoms. The maximum Gasteiger partial charge on any atom is 0.336 e. The number of aromatic carboxylic acids is 1. The Morgan fingerprint density at radius 2 is 1.12 bits per heavy atom. The highest BCUT2D eigenvalue weighted by molar-refractivity contribution is 7.89. The van der Waals surface area contributed by atoms with Crippen molar-refractivity contribution in [2.75, 3.05) is 56.2 Å². The molecule has 0 fully saturated rings. The summed E-state index contributed by atoms with van der Waals surface area (Å²) in [6.07, 6.45) is 4.27. The van der Waals surface area contributed by atoms with Gasteiger partial charge < -0.3 is 88.1 Å². The first kappa shape index (κ1) is 91.1. The monoisotopic (exact) mass is 1700 g/mol. The molecule has 11 rings (SSSR count). The maximum absolute atomic E-state index is 12.9. The normalized spacial score (nSPS) is 12.9. The van der Waals surface area contributed by atoms with E-state index >= 15 is 0 Å². The molecule has 12 N–H and O–H groups in total. The third kappa shape index (κ3) is 26.2. The smallest absolute Gasteiger partial charge is 0.336 e. The number of carboxylic acids is 1. The first-order valence-corrected chi connectivity index (χ1v) is 42.2. The molecule has 0 radical (unpaired) electrons. The Kier molecular flexibility index (Phi) is 31.1. The van der Waals surface area contributed by atoms with Crippen molar-refractivity contribution >= 4 is 127 Å². The lowest BCUT2D eigenvalue weighted by Crippen LogP contribution is -2.47. The van der Waals surface area contributed by atoms with Crippen molar-refractivity contribution in [3.05, 3.63) is 208 Å². The number of hydrogen-bond donors (Lipinski definition) is 10. The number of fused-ring (bicyclic) bond motifs is 4. The standard InChI is InChI=1S/C20H24N5O8P.C20H14N2O9S2.C20H23N2O6PS.C10H14NO5P.CH4/c26-18(22-13-11-14-5-7-15(8-6-14)32-34(29,30)31)4-2-1-3-12-21-16-9-10-17(25(27)28)20-19(16)23-33-24-20;21-13-7-5-11-15(9-3-1-2-4-10(9)20(23)24)12-6-8-14(22)19(33(28,29)30)17(12)31-16(11)18(13)32(25,26)27;1-22(2)19-7-3-6-18-17(19)5-4-8-20(18)30(26,27)21-14-13-15-9-11-16(12-10-15)28-29(23,24)25;1-8(12)11-7-6-9-2-4-10(5-3-9)16-17(13,14)15;/h5-10,21H,1-4,11-13H2,(H,22,26)(H2,29,30,31);1-8,21H,22H2,(H,23,24)(H,25,26,27)(H,28,29,30);3-12,21H,13-14H2,1-2H3,(H2,23,24,25);2-5H,6-7H2,1H3,(H,11,12)(H2,13,14,15);1H4/p-4. The number of unbranched alkanes of at least 4 members (excludes halogenated alkanes) is 2. The summed E-state index contributed by atoms with van der Waals surface area (Å²) >= 11 is 0. The van der Waals surface area contributed by atoms with Gasteiger partial charge in [-0.25, -0.2) is 39.4 Å². The summed E-state index contributed by atoms with van der Waals surface area (Å²) in [5, 5.41) is 43.3. The third-order valence-electron chi connectivity index (χ3n) is 16.2. The number of carbonyl (C=O) groups excluding carboxylic acids is 2. The number of amides is 2. The van der Waals surface area contributed by atoms with Gasteiger partial charge >= 0.3 is 35.1 Å². The summed E-state index contributed by atoms with van der Waals surface area (Å²) in [5.74, 6) is -2.11. The average molecular weight is 1710 g/mol. The highest BCUT2D eigenvalue weighted by Crippen LogP contribution is 2.46. The van der Waals surface area contributed by atoms with E-state index in [2.05, 4.69) is 49.2 Å². The summed E-state index contributed by atoms with van der Waals surface area (Å²) in [6.45, 7) is 3.13. The molecule has 8 aromatic carbocycles. The summed E-state index contributed by atoms with van der Waals surface area (Å²) in [7, 11) is -24.9. The number of anilines is 3. The number of phosphoric ester groups is 3. The van der Waals surface area contributed by atoms with Crippen LogP contribution in [0.1, 0.15) is 67.1 Å². The molecule has 0 bridgehead atoms. The maximum atomic E-state index is 12.9. The number of aromatic nitrogens is 2. The van der Waals surface area contributed by atoms with E-state index in [1.54, 1.807) is 60.7 Å². The molecule has 1 aliphatic heterocycles. The number of nitrogens with one attached hydrogen (secondary N) is 4. The van der Waals surface area contributed by atoms with Crippen LogP contribution in [0.15, 0.2) is 194 Å². The van der Waals surface area contributed by atoms with Gasteiger partial charge in [0.1, 0.15) is 42.4 Å². The van der Waals surface area contributed by atoms with Crippen LogP contribution >= 0.6 is 23.5 Å². The number of rotatable bonds is 30. The van der Waals surface area contributed by atoms with Crippen molar-refractivity contribution in [2.45, 2.75) is 74.0 Å². The second-order valence-electron chi connectivity index (χ2n) is 24.7. The predicted octanol–water partition coefficient (Wildman–Crippen LogP) is 5.36. The van der Waals surface area contributed by atoms with Crippen molar-refractivity contribution in [3.8, 4) is 39.7 Å². The van der Waals surface area contributed by atoms with Gasteiger partial charge in [-0.05, 0) is 144 Å². The van der Waals surface area contributed by atoms with Crippen molar-refractivity contribution in [3.63, 3.8) is 0 Å². The zero-order chi connectivity index (χ0) is 83.7. The summed E-state index contributed by atoms with van der Waals surface area (Å²) in [6, 6.07) is 42.4. The van der Waals surface area contributed by atoms with Crippen LogP contribution in [0.5, 0.6) is 17.2 Å². The molecule has 9 aromatic rings. The van der Waals surface area contributed by atoms with Gasteiger partial charge in [0.25, 0.3) is 0 Å². The Bertz CT molecular complexity index is 5890. The zero-order valence-electron chi connectivity index (χ0n) is 60.0. The number of nitrogens with two attached hydrogens (primary N) is 2. The van der Waals surface area contributed by atoms with E-state index in [9.17, 15) is 92.3 Å². The first-order valence-electron chi connectivity index (χ1n) is 33.4. The molecule has 38 nitrogen and oxygen atoms in total. The Hall–Kier alpha value is -11.1. The molecule has 44 heteroatoms. The number of nitro benzene ring substituents is 1. The molecule has 3 atom stereocenters. The molecule has 3 unspecified atom stereocenters. The van der Waals surface area contributed by atoms with Crippen LogP contribution < -0.4 is 70.3 Å². The predicted molar refractivity (Wildman–Crippen MR) is 410 cm³/mol. The van der Waals surface area contributed by atoms with E-state index in [0.29, 0.717) is 68.3 Å². The Labute approximate surface area is 656 Å². The van der Waals surface area contributed by atoms with Gasteiger partial charge in [0, 0.05) is 98.7 Å². The van der Waals surface area contributed by atoms with Crippen LogP contribution in [0.2, 0.25) is 0 Å². The van der Waals surface area contributed by atoms with Crippen LogP contribution in [0.25, 0.3) is 55.2 Å². The lowest BCUT2D eigenvalue weighted by molar-refractivity contribution is -0.383. The Morgan fingerprint density at radius 1 is 0.600 bits per heavy atom. The molecule has 115 heavy (non-hydrogen) atoms. The van der Waals surface area contributed by atoms with Crippen molar-refractivity contribution < 1.29 is 130 Å². The zero-order valence-corrected chi connectivity index (χ0v) is 65.2. The number of nitrogen functional groups attached to an aromatic ring is 1. The number of nitrogens with zero attached hydrogens (tertiary/aromatic N) is 4. The average Bonchev–Trinajstić information content (AvgIpc) is 1.13. The minimum Gasteiger partial charge on any atom is -0.746 e. The SMILES string of the molecule is C.CC(=O)NCCc1ccc(OP(=O)([O-])O)cc1.CN(C)c1cccc2c(S(=O)(=O)NCCc3ccc(OP(=O)([O-])O)cc3)cccc12.Nc1ccc2c(-c3ccccc3C(=O)O)c3ccc(=[NH2+])c(S(=O)(=O)[O-])c-3oc2c1S(=O)(=O)[O-].O=C(CCCCCNc1ccc([N+](=O)[O-])c2nonc12)NCCc1ccc(OP(=O)([O-])O)cc1. The lowest BCUT2D eigenvalue weighted by atomic mass is 9.90. The molecule has 614 valence electrons.